The molecule has 5 heteroatoms. The number of ether oxygens (including phenoxy) is 1. The van der Waals surface area contributed by atoms with Gasteiger partial charge < -0.3 is 9.30 Å². The van der Waals surface area contributed by atoms with Crippen molar-refractivity contribution in [2.24, 2.45) is 0 Å². The Kier molecular flexibility index (Phi) is 4.52. The second-order valence-electron chi connectivity index (χ2n) is 2.84. The van der Waals surface area contributed by atoms with Gasteiger partial charge >= 0.3 is 5.97 Å². The van der Waals surface area contributed by atoms with Crippen LogP contribution in [0.5, 0.6) is 0 Å². The first-order valence-corrected chi connectivity index (χ1v) is 5.44. The lowest BCUT2D eigenvalue weighted by Crippen LogP contribution is -2.16. The van der Waals surface area contributed by atoms with E-state index in [9.17, 15) is 4.79 Å². The lowest BCUT2D eigenvalue weighted by atomic mass is 10.5. The van der Waals surface area contributed by atoms with Crippen LogP contribution in [0, 0.1) is 0 Å². The van der Waals surface area contributed by atoms with Crippen LogP contribution >= 0.6 is 11.8 Å². The Labute approximate surface area is 87.7 Å². The van der Waals surface area contributed by atoms with Gasteiger partial charge in [-0.2, -0.15) is 0 Å². The number of hydrogen-bond acceptors (Lipinski definition) is 4. The molecule has 14 heavy (non-hydrogen) atoms. The molecule has 0 bridgehead atoms. The zero-order valence-electron chi connectivity index (χ0n) is 8.34. The minimum atomic E-state index is -0.166. The van der Waals surface area contributed by atoms with E-state index in [1.807, 2.05) is 17.7 Å². The van der Waals surface area contributed by atoms with Gasteiger partial charge in [0.05, 0.1) is 18.7 Å². The highest BCUT2D eigenvalue weighted by Crippen LogP contribution is 2.11. The Morgan fingerprint density at radius 3 is 3.07 bits per heavy atom. The summed E-state index contributed by atoms with van der Waals surface area (Å²) in [5.74, 6) is 0.715. The smallest absolute Gasteiger partial charge is 0.318 e. The van der Waals surface area contributed by atoms with Crippen molar-refractivity contribution >= 4 is 17.7 Å². The minimum absolute atomic E-state index is 0.0940. The summed E-state index contributed by atoms with van der Waals surface area (Å²) in [5, 5.41) is -0.0940. The maximum atomic E-state index is 11.0. The molecule has 0 aromatic carbocycles. The molecule has 4 nitrogen and oxygen atoms in total. The van der Waals surface area contributed by atoms with Gasteiger partial charge in [-0.1, -0.05) is 0 Å². The number of thioether (sulfide) groups is 1. The summed E-state index contributed by atoms with van der Waals surface area (Å²) in [6.07, 6.45) is 5.42. The van der Waals surface area contributed by atoms with Crippen molar-refractivity contribution in [1.82, 2.24) is 9.55 Å². The minimum Gasteiger partial charge on any atom is -0.468 e. The van der Waals surface area contributed by atoms with Crippen LogP contribution in [-0.4, -0.2) is 33.6 Å². The van der Waals surface area contributed by atoms with Gasteiger partial charge in [0, 0.05) is 24.7 Å². The van der Waals surface area contributed by atoms with Crippen molar-refractivity contribution in [2.45, 2.75) is 18.7 Å². The lowest BCUT2D eigenvalue weighted by Gasteiger charge is -2.08. The number of methoxy groups -OCH3 is 1. The van der Waals surface area contributed by atoms with E-state index in [4.69, 9.17) is 0 Å². The highest BCUT2D eigenvalue weighted by molar-refractivity contribution is 8.00. The average Bonchev–Trinajstić information content (AvgIpc) is 2.69. The summed E-state index contributed by atoms with van der Waals surface area (Å²) in [7, 11) is 1.41. The standard InChI is InChI=1S/C9H14N2O2S/c1-8(9(12)13-2)14-6-5-11-4-3-10-7-11/h3-4,7-8H,5-6H2,1-2H3. The molecule has 0 aliphatic carbocycles. The molecule has 78 valence electrons. The molecule has 1 aromatic heterocycles. The number of carbonyl (C=O) groups excluding carboxylic acids is 1. The van der Waals surface area contributed by atoms with Crippen molar-refractivity contribution in [3.8, 4) is 0 Å². The monoisotopic (exact) mass is 214 g/mol. The fourth-order valence-electron chi connectivity index (χ4n) is 0.988. The molecule has 0 N–H and O–H groups in total. The van der Waals surface area contributed by atoms with Crippen molar-refractivity contribution in [1.29, 1.82) is 0 Å². The maximum Gasteiger partial charge on any atom is 0.318 e. The van der Waals surface area contributed by atoms with Gasteiger partial charge in [-0.25, -0.2) is 4.98 Å². The Balaban J connectivity index is 2.18. The fraction of sp³-hybridized carbons (Fsp3) is 0.556. The van der Waals surface area contributed by atoms with Gasteiger partial charge in [-0.05, 0) is 6.92 Å². The van der Waals surface area contributed by atoms with Crippen LogP contribution in [-0.2, 0) is 16.1 Å². The van der Waals surface area contributed by atoms with E-state index in [1.54, 1.807) is 24.3 Å². The zero-order valence-corrected chi connectivity index (χ0v) is 9.16. The van der Waals surface area contributed by atoms with Crippen LogP contribution in [0.2, 0.25) is 0 Å². The summed E-state index contributed by atoms with van der Waals surface area (Å²) in [6.45, 7) is 2.72. The van der Waals surface area contributed by atoms with Gasteiger partial charge in [0.15, 0.2) is 0 Å². The number of hydrogen-bond donors (Lipinski definition) is 0. The summed E-state index contributed by atoms with van der Waals surface area (Å²) < 4.78 is 6.60. The molecule has 0 saturated carbocycles. The van der Waals surface area contributed by atoms with Crippen molar-refractivity contribution in [3.05, 3.63) is 18.7 Å². The van der Waals surface area contributed by atoms with Crippen LogP contribution in [0.4, 0.5) is 0 Å². The third-order valence-corrected chi connectivity index (χ3v) is 2.92. The van der Waals surface area contributed by atoms with Crippen molar-refractivity contribution < 1.29 is 9.53 Å². The zero-order chi connectivity index (χ0) is 10.4. The van der Waals surface area contributed by atoms with E-state index in [0.29, 0.717) is 0 Å². The van der Waals surface area contributed by atoms with Crippen LogP contribution in [0.15, 0.2) is 18.7 Å². The second kappa shape index (κ2) is 5.70. The molecule has 1 heterocycles. The third-order valence-electron chi connectivity index (χ3n) is 1.81. The van der Waals surface area contributed by atoms with E-state index in [-0.39, 0.29) is 11.2 Å². The predicted molar refractivity (Wildman–Crippen MR) is 56.2 cm³/mol. The van der Waals surface area contributed by atoms with Gasteiger partial charge in [0.1, 0.15) is 0 Å². The molecule has 0 spiro atoms. The van der Waals surface area contributed by atoms with Crippen molar-refractivity contribution in [3.63, 3.8) is 0 Å². The van der Waals surface area contributed by atoms with E-state index in [2.05, 4.69) is 9.72 Å². The topological polar surface area (TPSA) is 44.1 Å². The Hall–Kier alpha value is -0.970. The highest BCUT2D eigenvalue weighted by atomic mass is 32.2. The molecule has 0 fully saturated rings. The molecule has 0 aliphatic heterocycles. The van der Waals surface area contributed by atoms with Gasteiger partial charge in [0.25, 0.3) is 0 Å². The van der Waals surface area contributed by atoms with Gasteiger partial charge in [-0.15, -0.1) is 11.8 Å². The fourth-order valence-corrected chi connectivity index (χ4v) is 1.89. The normalized spacial score (nSPS) is 12.4. The van der Waals surface area contributed by atoms with Gasteiger partial charge in [0.2, 0.25) is 0 Å². The molecule has 1 unspecified atom stereocenters. The van der Waals surface area contributed by atoms with Crippen LogP contribution in [0.3, 0.4) is 0 Å². The number of aryl methyl sites for hydroxylation is 1. The third kappa shape index (κ3) is 3.41. The molecule has 0 amide bonds. The number of esters is 1. The van der Waals surface area contributed by atoms with Gasteiger partial charge in [-0.3, -0.25) is 4.79 Å². The largest absolute Gasteiger partial charge is 0.468 e. The molecule has 0 radical (unpaired) electrons. The lowest BCUT2D eigenvalue weighted by molar-refractivity contribution is -0.139. The van der Waals surface area contributed by atoms with E-state index in [0.717, 1.165) is 12.3 Å². The summed E-state index contributed by atoms with van der Waals surface area (Å²) in [4.78, 5) is 15.0. The SMILES string of the molecule is COC(=O)C(C)SCCn1ccnc1. The Morgan fingerprint density at radius 2 is 2.50 bits per heavy atom. The number of carbonyl (C=O) groups is 1. The first kappa shape index (κ1) is 11.1. The average molecular weight is 214 g/mol. The van der Waals surface area contributed by atoms with Crippen molar-refractivity contribution in [2.75, 3.05) is 12.9 Å². The number of rotatable bonds is 5. The first-order valence-electron chi connectivity index (χ1n) is 4.39. The molecule has 1 rings (SSSR count). The maximum absolute atomic E-state index is 11.0. The molecule has 0 saturated heterocycles. The number of imidazole rings is 1. The molecular weight excluding hydrogens is 200 g/mol. The Bertz CT molecular complexity index is 274. The second-order valence-corrected chi connectivity index (χ2v) is 4.29. The summed E-state index contributed by atoms with van der Waals surface area (Å²) in [6, 6.07) is 0. The summed E-state index contributed by atoms with van der Waals surface area (Å²) in [5.41, 5.74) is 0. The highest BCUT2D eigenvalue weighted by Gasteiger charge is 2.12. The molecule has 0 aliphatic rings. The number of aromatic nitrogens is 2. The van der Waals surface area contributed by atoms with Crippen LogP contribution in [0.1, 0.15) is 6.92 Å². The van der Waals surface area contributed by atoms with Crippen LogP contribution in [0.25, 0.3) is 0 Å². The number of nitrogens with zero attached hydrogens (tertiary/aromatic N) is 2. The predicted octanol–water partition coefficient (Wildman–Crippen LogP) is 1.18. The Morgan fingerprint density at radius 1 is 1.71 bits per heavy atom. The first-order chi connectivity index (χ1) is 6.74. The van der Waals surface area contributed by atoms with E-state index >= 15 is 0 Å². The van der Waals surface area contributed by atoms with E-state index < -0.39 is 0 Å². The molecular formula is C9H14N2O2S. The van der Waals surface area contributed by atoms with E-state index in [1.165, 1.54) is 7.11 Å². The summed E-state index contributed by atoms with van der Waals surface area (Å²) >= 11 is 1.58. The molecule has 1 aromatic rings. The molecule has 1 atom stereocenters. The van der Waals surface area contributed by atoms with Crippen LogP contribution < -0.4 is 0 Å². The quantitative estimate of drug-likeness (QED) is 0.690.